The zero-order valence-electron chi connectivity index (χ0n) is 9.83. The van der Waals surface area contributed by atoms with Crippen LogP contribution in [0.5, 0.6) is 0 Å². The molecule has 0 amide bonds. The summed E-state index contributed by atoms with van der Waals surface area (Å²) in [5.74, 6) is -1.24. The Kier molecular flexibility index (Phi) is 5.11. The van der Waals surface area contributed by atoms with Gasteiger partial charge in [0.15, 0.2) is 9.84 Å². The van der Waals surface area contributed by atoms with Gasteiger partial charge in [-0.1, -0.05) is 0 Å². The molecule has 1 unspecified atom stereocenters. The fraction of sp³-hybridized carbons (Fsp3) is 0.889. The summed E-state index contributed by atoms with van der Waals surface area (Å²) in [5, 5.41) is 7.74. The summed E-state index contributed by atoms with van der Waals surface area (Å²) in [6, 6.07) is 0. The molecule has 1 saturated heterocycles. The van der Waals surface area contributed by atoms with Crippen molar-refractivity contribution in [2.24, 2.45) is 0 Å². The van der Waals surface area contributed by atoms with E-state index in [2.05, 4.69) is 4.72 Å². The number of carbonyl (C=O) groups is 1. The molecule has 0 aliphatic carbocycles. The minimum atomic E-state index is -3.59. The third-order valence-corrected chi connectivity index (χ3v) is 6.51. The molecule has 1 fully saturated rings. The second kappa shape index (κ2) is 5.98. The normalized spacial score (nSPS) is 23.0. The average Bonchev–Trinajstić information content (AvgIpc) is 2.54. The predicted molar refractivity (Wildman–Crippen MR) is 65.5 cm³/mol. The number of carboxylic acids is 1. The Labute approximate surface area is 107 Å². The third-order valence-electron chi connectivity index (χ3n) is 2.80. The number of hydrogen-bond acceptors (Lipinski definition) is 5. The Morgan fingerprint density at radius 1 is 1.39 bits per heavy atom. The first-order valence-electron chi connectivity index (χ1n) is 5.64. The second-order valence-corrected chi connectivity index (χ2v) is 8.62. The highest BCUT2D eigenvalue weighted by atomic mass is 32.2. The minimum Gasteiger partial charge on any atom is -0.481 e. The molecule has 1 heterocycles. The zero-order valence-corrected chi connectivity index (χ0v) is 11.5. The van der Waals surface area contributed by atoms with Crippen molar-refractivity contribution in [2.75, 3.05) is 18.1 Å². The zero-order chi connectivity index (χ0) is 13.8. The van der Waals surface area contributed by atoms with E-state index in [-0.39, 0.29) is 30.9 Å². The Hall–Kier alpha value is -0.670. The molecule has 0 aromatic carbocycles. The first-order valence-corrected chi connectivity index (χ1v) is 9.00. The fourth-order valence-electron chi connectivity index (χ4n) is 1.79. The van der Waals surface area contributed by atoms with Crippen LogP contribution in [0.25, 0.3) is 0 Å². The summed E-state index contributed by atoms with van der Waals surface area (Å²) in [6.45, 7) is -0.113. The molecule has 0 saturated carbocycles. The van der Waals surface area contributed by atoms with E-state index in [1.54, 1.807) is 0 Å². The SMILES string of the molecule is O=C(O)CCCS(=O)(=O)NCC1CCCS1(=O)=O. The standard InChI is InChI=1S/C9H17NO6S2/c11-9(12)4-2-6-18(15,16)10-7-8-3-1-5-17(8,13)14/h8,10H,1-7H2,(H,11,12). The summed E-state index contributed by atoms with van der Waals surface area (Å²) >= 11 is 0. The van der Waals surface area contributed by atoms with Crippen LogP contribution < -0.4 is 4.72 Å². The molecule has 0 spiro atoms. The maximum Gasteiger partial charge on any atom is 0.303 e. The predicted octanol–water partition coefficient (Wildman–Crippen LogP) is -0.652. The number of hydrogen-bond donors (Lipinski definition) is 2. The van der Waals surface area contributed by atoms with Gasteiger partial charge in [-0.25, -0.2) is 21.6 Å². The summed E-state index contributed by atoms with van der Waals surface area (Å²) in [4.78, 5) is 10.2. The Morgan fingerprint density at radius 3 is 2.56 bits per heavy atom. The van der Waals surface area contributed by atoms with Crippen molar-refractivity contribution in [3.05, 3.63) is 0 Å². The molecule has 18 heavy (non-hydrogen) atoms. The largest absolute Gasteiger partial charge is 0.481 e. The van der Waals surface area contributed by atoms with E-state index in [0.717, 1.165) is 0 Å². The number of sulfone groups is 1. The number of carboxylic acid groups (broad SMARTS) is 1. The van der Waals surface area contributed by atoms with Gasteiger partial charge in [-0.3, -0.25) is 4.79 Å². The lowest BCUT2D eigenvalue weighted by Gasteiger charge is -2.10. The van der Waals surface area contributed by atoms with Crippen LogP contribution in [0.2, 0.25) is 0 Å². The minimum absolute atomic E-state index is 0.0160. The number of rotatable bonds is 7. The second-order valence-electron chi connectivity index (χ2n) is 4.30. The van der Waals surface area contributed by atoms with Gasteiger partial charge in [-0.15, -0.1) is 0 Å². The third kappa shape index (κ3) is 4.91. The molecule has 106 valence electrons. The van der Waals surface area contributed by atoms with Crippen molar-refractivity contribution in [3.63, 3.8) is 0 Å². The van der Waals surface area contributed by atoms with Gasteiger partial charge in [0.25, 0.3) is 0 Å². The highest BCUT2D eigenvalue weighted by Gasteiger charge is 2.31. The van der Waals surface area contributed by atoms with Crippen LogP contribution in [0.3, 0.4) is 0 Å². The van der Waals surface area contributed by atoms with Gasteiger partial charge in [-0.05, 0) is 19.3 Å². The lowest BCUT2D eigenvalue weighted by molar-refractivity contribution is -0.137. The molecule has 0 aromatic rings. The highest BCUT2D eigenvalue weighted by molar-refractivity contribution is 7.92. The van der Waals surface area contributed by atoms with Gasteiger partial charge >= 0.3 is 5.97 Å². The van der Waals surface area contributed by atoms with Gasteiger partial charge in [0.2, 0.25) is 10.0 Å². The van der Waals surface area contributed by atoms with Crippen molar-refractivity contribution >= 4 is 25.8 Å². The summed E-state index contributed by atoms with van der Waals surface area (Å²) < 4.78 is 48.1. The summed E-state index contributed by atoms with van der Waals surface area (Å²) in [5.41, 5.74) is 0. The molecular formula is C9H17NO6S2. The summed E-state index contributed by atoms with van der Waals surface area (Å²) in [7, 11) is -6.76. The molecule has 1 rings (SSSR count). The van der Waals surface area contributed by atoms with E-state index in [9.17, 15) is 21.6 Å². The van der Waals surface area contributed by atoms with Gasteiger partial charge in [0.05, 0.1) is 16.8 Å². The van der Waals surface area contributed by atoms with Crippen molar-refractivity contribution in [1.29, 1.82) is 0 Å². The monoisotopic (exact) mass is 299 g/mol. The molecule has 2 N–H and O–H groups in total. The van der Waals surface area contributed by atoms with E-state index < -0.39 is 31.1 Å². The van der Waals surface area contributed by atoms with E-state index in [0.29, 0.717) is 12.8 Å². The lowest BCUT2D eigenvalue weighted by Crippen LogP contribution is -2.35. The number of aliphatic carboxylic acids is 1. The fourth-order valence-corrected chi connectivity index (χ4v) is 4.79. The van der Waals surface area contributed by atoms with Gasteiger partial charge < -0.3 is 5.11 Å². The van der Waals surface area contributed by atoms with Gasteiger partial charge in [0, 0.05) is 13.0 Å². The first-order chi connectivity index (χ1) is 8.23. The molecule has 1 aliphatic rings. The van der Waals surface area contributed by atoms with Crippen molar-refractivity contribution in [1.82, 2.24) is 4.72 Å². The maximum atomic E-state index is 11.5. The molecule has 1 atom stereocenters. The van der Waals surface area contributed by atoms with Crippen LogP contribution in [0, 0.1) is 0 Å². The molecule has 7 nitrogen and oxygen atoms in total. The Morgan fingerprint density at radius 2 is 2.06 bits per heavy atom. The molecule has 9 heteroatoms. The Balaban J connectivity index is 2.40. The molecule has 0 radical (unpaired) electrons. The smallest absolute Gasteiger partial charge is 0.303 e. The number of sulfonamides is 1. The van der Waals surface area contributed by atoms with E-state index in [1.807, 2.05) is 0 Å². The molecule has 0 bridgehead atoms. The first kappa shape index (κ1) is 15.4. The van der Waals surface area contributed by atoms with Crippen LogP contribution in [-0.2, 0) is 24.7 Å². The number of nitrogens with one attached hydrogen (secondary N) is 1. The topological polar surface area (TPSA) is 118 Å². The average molecular weight is 299 g/mol. The maximum absolute atomic E-state index is 11.5. The van der Waals surface area contributed by atoms with Crippen molar-refractivity contribution < 1.29 is 26.7 Å². The van der Waals surface area contributed by atoms with Crippen LogP contribution in [0.15, 0.2) is 0 Å². The molecule has 1 aliphatic heterocycles. The van der Waals surface area contributed by atoms with Crippen LogP contribution in [0.1, 0.15) is 25.7 Å². The quantitative estimate of drug-likeness (QED) is 0.645. The van der Waals surface area contributed by atoms with E-state index in [1.165, 1.54) is 0 Å². The molecule has 0 aromatic heterocycles. The van der Waals surface area contributed by atoms with Crippen molar-refractivity contribution in [2.45, 2.75) is 30.9 Å². The highest BCUT2D eigenvalue weighted by Crippen LogP contribution is 2.19. The Bertz CT molecular complexity index is 495. The van der Waals surface area contributed by atoms with Crippen molar-refractivity contribution in [3.8, 4) is 0 Å². The van der Waals surface area contributed by atoms with Gasteiger partial charge in [0.1, 0.15) is 0 Å². The van der Waals surface area contributed by atoms with E-state index in [4.69, 9.17) is 5.11 Å². The van der Waals surface area contributed by atoms with Gasteiger partial charge in [-0.2, -0.15) is 0 Å². The lowest BCUT2D eigenvalue weighted by atomic mass is 10.2. The van der Waals surface area contributed by atoms with E-state index >= 15 is 0 Å². The van der Waals surface area contributed by atoms with Crippen LogP contribution in [-0.4, -0.2) is 51.2 Å². The molecular weight excluding hydrogens is 282 g/mol. The summed E-state index contributed by atoms with van der Waals surface area (Å²) in [6.07, 6.45) is 0.832. The van der Waals surface area contributed by atoms with Crippen LogP contribution in [0.4, 0.5) is 0 Å². The van der Waals surface area contributed by atoms with Crippen LogP contribution >= 0.6 is 0 Å².